The number of furan rings is 2. The molecule has 0 fully saturated rings. The molecule has 4 aromatic heterocycles. The molecule has 0 saturated carbocycles. The summed E-state index contributed by atoms with van der Waals surface area (Å²) in [7, 11) is 0. The van der Waals surface area contributed by atoms with Gasteiger partial charge in [0.15, 0.2) is 17.5 Å². The van der Waals surface area contributed by atoms with Gasteiger partial charge in [-0.3, -0.25) is 0 Å². The maximum atomic E-state index is 6.40. The Bertz CT molecular complexity index is 3530. The first kappa shape index (κ1) is 31.5. The Morgan fingerprint density at radius 3 is 1.77 bits per heavy atom. The maximum absolute atomic E-state index is 6.40. The summed E-state index contributed by atoms with van der Waals surface area (Å²) in [5, 5.41) is 6.38. The third kappa shape index (κ3) is 4.94. The fourth-order valence-corrected chi connectivity index (χ4v) is 8.48. The van der Waals surface area contributed by atoms with E-state index in [2.05, 4.69) is 120 Å². The standard InChI is InChI=1S/C51H30N4O2/c1-3-13-31(14-4-1)33-25-27-44-40(29-33)41-30-34(26-28-45(41)56-44)55-42-22-9-7-17-35(42)36-19-11-21-39(48(36)55)51-53-49(32-15-5-2-6-16-32)52-50(54-51)38-20-12-24-46-47(38)37-18-8-10-23-43(37)57-46/h1-30H. The van der Waals surface area contributed by atoms with E-state index >= 15 is 0 Å². The van der Waals surface area contributed by atoms with E-state index in [-0.39, 0.29) is 0 Å². The molecule has 0 atom stereocenters. The SMILES string of the molecule is c1ccc(-c2ccc3oc4ccc(-n5c6ccccc6c6cccc(-c7nc(-c8ccccc8)nc(-c8cccc9oc%10ccccc%10c89)n7)c65)cc4c3c2)cc1. The zero-order valence-corrected chi connectivity index (χ0v) is 30.4. The van der Waals surface area contributed by atoms with E-state index in [0.29, 0.717) is 17.5 Å². The zero-order valence-electron chi connectivity index (χ0n) is 30.4. The molecule has 0 amide bonds. The minimum atomic E-state index is 0.580. The van der Waals surface area contributed by atoms with Crippen LogP contribution in [-0.4, -0.2) is 19.5 Å². The molecule has 6 nitrogen and oxygen atoms in total. The van der Waals surface area contributed by atoms with Gasteiger partial charge in [0.2, 0.25) is 0 Å². The van der Waals surface area contributed by atoms with E-state index in [1.807, 2.05) is 66.7 Å². The molecule has 8 aromatic carbocycles. The van der Waals surface area contributed by atoms with Crippen molar-refractivity contribution in [3.63, 3.8) is 0 Å². The van der Waals surface area contributed by atoms with E-state index in [9.17, 15) is 0 Å². The topological polar surface area (TPSA) is 69.9 Å². The van der Waals surface area contributed by atoms with Gasteiger partial charge in [0.25, 0.3) is 0 Å². The highest BCUT2D eigenvalue weighted by molar-refractivity contribution is 6.15. The minimum absolute atomic E-state index is 0.580. The summed E-state index contributed by atoms with van der Waals surface area (Å²) in [6.45, 7) is 0. The van der Waals surface area contributed by atoms with E-state index in [1.54, 1.807) is 0 Å². The molecular weight excluding hydrogens is 701 g/mol. The van der Waals surface area contributed by atoms with Crippen molar-refractivity contribution < 1.29 is 8.83 Å². The summed E-state index contributed by atoms with van der Waals surface area (Å²) in [5.41, 5.74) is 11.4. The highest BCUT2D eigenvalue weighted by atomic mass is 16.3. The van der Waals surface area contributed by atoms with Crippen LogP contribution in [0.1, 0.15) is 0 Å². The third-order valence-electron chi connectivity index (χ3n) is 11.1. The summed E-state index contributed by atoms with van der Waals surface area (Å²) in [4.78, 5) is 15.7. The molecule has 12 aromatic rings. The first-order valence-corrected chi connectivity index (χ1v) is 19.0. The summed E-state index contributed by atoms with van der Waals surface area (Å²) >= 11 is 0. The lowest BCUT2D eigenvalue weighted by Gasteiger charge is -2.13. The van der Waals surface area contributed by atoms with Gasteiger partial charge in [-0.1, -0.05) is 127 Å². The maximum Gasteiger partial charge on any atom is 0.166 e. The average Bonchev–Trinajstić information content (AvgIpc) is 3.96. The van der Waals surface area contributed by atoms with Crippen LogP contribution in [0.15, 0.2) is 191 Å². The third-order valence-corrected chi connectivity index (χ3v) is 11.1. The van der Waals surface area contributed by atoms with E-state index in [0.717, 1.165) is 93.6 Å². The van der Waals surface area contributed by atoms with Crippen molar-refractivity contribution in [2.45, 2.75) is 0 Å². The van der Waals surface area contributed by atoms with Gasteiger partial charge in [-0.15, -0.1) is 0 Å². The fraction of sp³-hybridized carbons (Fsp3) is 0. The van der Waals surface area contributed by atoms with Gasteiger partial charge in [-0.25, -0.2) is 15.0 Å². The van der Waals surface area contributed by atoms with Crippen LogP contribution in [0.2, 0.25) is 0 Å². The molecule has 0 aliphatic carbocycles. The second-order valence-electron chi connectivity index (χ2n) is 14.4. The van der Waals surface area contributed by atoms with Gasteiger partial charge in [0.1, 0.15) is 22.3 Å². The van der Waals surface area contributed by atoms with Crippen molar-refractivity contribution in [3.8, 4) is 51.0 Å². The lowest BCUT2D eigenvalue weighted by molar-refractivity contribution is 0.668. The first-order valence-electron chi connectivity index (χ1n) is 19.0. The molecule has 0 radical (unpaired) electrons. The Kier molecular flexibility index (Phi) is 6.83. The zero-order chi connectivity index (χ0) is 37.5. The Balaban J connectivity index is 1.13. The molecule has 4 heterocycles. The Morgan fingerprint density at radius 1 is 0.351 bits per heavy atom. The van der Waals surface area contributed by atoms with Crippen LogP contribution < -0.4 is 0 Å². The van der Waals surface area contributed by atoms with Crippen molar-refractivity contribution in [3.05, 3.63) is 182 Å². The molecule has 0 aliphatic heterocycles. The average molecular weight is 731 g/mol. The lowest BCUT2D eigenvalue weighted by atomic mass is 10.0. The monoisotopic (exact) mass is 730 g/mol. The highest BCUT2D eigenvalue weighted by Crippen LogP contribution is 2.41. The Hall–Kier alpha value is -7.83. The van der Waals surface area contributed by atoms with Crippen molar-refractivity contribution in [2.75, 3.05) is 0 Å². The van der Waals surface area contributed by atoms with Crippen molar-refractivity contribution >= 4 is 65.7 Å². The van der Waals surface area contributed by atoms with Gasteiger partial charge in [-0.05, 0) is 65.7 Å². The van der Waals surface area contributed by atoms with Crippen LogP contribution in [-0.2, 0) is 0 Å². The van der Waals surface area contributed by atoms with Crippen LogP contribution in [0.3, 0.4) is 0 Å². The lowest BCUT2D eigenvalue weighted by Crippen LogP contribution is -2.02. The van der Waals surface area contributed by atoms with Crippen LogP contribution in [0.25, 0.3) is 117 Å². The minimum Gasteiger partial charge on any atom is -0.456 e. The number of benzene rings is 8. The smallest absolute Gasteiger partial charge is 0.166 e. The fourth-order valence-electron chi connectivity index (χ4n) is 8.48. The number of para-hydroxylation sites is 3. The predicted molar refractivity (Wildman–Crippen MR) is 230 cm³/mol. The molecule has 0 aliphatic rings. The highest BCUT2D eigenvalue weighted by Gasteiger charge is 2.22. The van der Waals surface area contributed by atoms with Crippen LogP contribution in [0.4, 0.5) is 0 Å². The molecule has 0 bridgehead atoms. The normalized spacial score (nSPS) is 11.9. The number of aromatic nitrogens is 4. The molecular formula is C51H30N4O2. The van der Waals surface area contributed by atoms with Gasteiger partial charge >= 0.3 is 0 Å². The molecule has 266 valence electrons. The number of nitrogens with zero attached hydrogens (tertiary/aromatic N) is 4. The molecule has 0 unspecified atom stereocenters. The predicted octanol–water partition coefficient (Wildman–Crippen LogP) is 13.4. The van der Waals surface area contributed by atoms with Crippen molar-refractivity contribution in [1.29, 1.82) is 0 Å². The van der Waals surface area contributed by atoms with E-state index in [4.69, 9.17) is 23.8 Å². The number of rotatable bonds is 5. The summed E-state index contributed by atoms with van der Waals surface area (Å²) in [6.07, 6.45) is 0. The molecule has 57 heavy (non-hydrogen) atoms. The molecule has 0 spiro atoms. The Morgan fingerprint density at radius 2 is 0.930 bits per heavy atom. The van der Waals surface area contributed by atoms with E-state index in [1.165, 1.54) is 5.56 Å². The van der Waals surface area contributed by atoms with Crippen LogP contribution in [0, 0.1) is 0 Å². The summed E-state index contributed by atoms with van der Waals surface area (Å²) in [5.74, 6) is 1.76. The summed E-state index contributed by atoms with van der Waals surface area (Å²) < 4.78 is 15.0. The molecule has 12 rings (SSSR count). The van der Waals surface area contributed by atoms with Gasteiger partial charge in [-0.2, -0.15) is 0 Å². The number of hydrogen-bond acceptors (Lipinski definition) is 5. The number of fused-ring (bicyclic) bond motifs is 9. The van der Waals surface area contributed by atoms with Gasteiger partial charge in [0, 0.05) is 54.7 Å². The first-order chi connectivity index (χ1) is 28.2. The van der Waals surface area contributed by atoms with Crippen molar-refractivity contribution in [2.24, 2.45) is 0 Å². The van der Waals surface area contributed by atoms with E-state index < -0.39 is 0 Å². The number of hydrogen-bond donors (Lipinski definition) is 0. The quantitative estimate of drug-likeness (QED) is 0.176. The van der Waals surface area contributed by atoms with Crippen LogP contribution >= 0.6 is 0 Å². The Labute approximate surface area is 325 Å². The second kappa shape index (κ2) is 12.3. The molecule has 0 N–H and O–H groups in total. The van der Waals surface area contributed by atoms with Crippen LogP contribution in [0.5, 0.6) is 0 Å². The van der Waals surface area contributed by atoms with Gasteiger partial charge < -0.3 is 13.4 Å². The molecule has 6 heteroatoms. The largest absolute Gasteiger partial charge is 0.456 e. The second-order valence-corrected chi connectivity index (χ2v) is 14.4. The summed E-state index contributed by atoms with van der Waals surface area (Å²) in [6, 6.07) is 62.7. The van der Waals surface area contributed by atoms with Crippen molar-refractivity contribution in [1.82, 2.24) is 19.5 Å². The molecule has 0 saturated heterocycles. The van der Waals surface area contributed by atoms with Gasteiger partial charge in [0.05, 0.1) is 11.0 Å².